The van der Waals surface area contributed by atoms with E-state index in [1.807, 2.05) is 0 Å². The van der Waals surface area contributed by atoms with Crippen molar-refractivity contribution in [1.82, 2.24) is 9.97 Å². The molecule has 4 nitrogen and oxygen atoms in total. The monoisotopic (exact) mass is 727 g/mol. The molecule has 0 aliphatic heterocycles. The van der Waals surface area contributed by atoms with Crippen LogP contribution in [0.3, 0.4) is 0 Å². The van der Waals surface area contributed by atoms with E-state index in [2.05, 4.69) is 22.1 Å². The molecule has 0 bridgehead atoms. The molecule has 1 N–H and O–H groups in total. The number of benzene rings is 2. The van der Waals surface area contributed by atoms with Crippen molar-refractivity contribution in [2.24, 2.45) is 0 Å². The van der Waals surface area contributed by atoms with Crippen molar-refractivity contribution in [2.75, 3.05) is 7.11 Å². The van der Waals surface area contributed by atoms with Crippen LogP contribution in [0.1, 0.15) is 27.8 Å². The third-order valence-corrected chi connectivity index (χ3v) is 5.18. The predicted octanol–water partition coefficient (Wildman–Crippen LogP) is 7.25. The van der Waals surface area contributed by atoms with Gasteiger partial charge in [0.25, 0.3) is 0 Å². The van der Waals surface area contributed by atoms with Gasteiger partial charge >= 0.3 is 33.4 Å². The maximum Gasteiger partial charge on any atom is 2.00 e. The molecule has 0 aliphatic rings. The molecular formula is C28H22F6N2O2Pt. The predicted molar refractivity (Wildman–Crippen MR) is 129 cm³/mol. The van der Waals surface area contributed by atoms with Crippen LogP contribution in [0.2, 0.25) is 0 Å². The molecular weight excluding hydrogens is 705 g/mol. The van der Waals surface area contributed by atoms with E-state index >= 15 is 0 Å². The normalized spacial score (nSPS) is 11.2. The van der Waals surface area contributed by atoms with Gasteiger partial charge in [0.15, 0.2) is 0 Å². The third kappa shape index (κ3) is 8.90. The number of alkyl halides is 6. The zero-order chi connectivity index (χ0) is 28.1. The minimum atomic E-state index is -4.44. The molecule has 0 radical (unpaired) electrons. The number of hydrogen-bond acceptors (Lipinski definition) is 4. The van der Waals surface area contributed by atoms with Gasteiger partial charge in [0, 0.05) is 12.4 Å². The summed E-state index contributed by atoms with van der Waals surface area (Å²) in [5.41, 5.74) is 1.28. The van der Waals surface area contributed by atoms with Crippen LogP contribution in [0.4, 0.5) is 26.3 Å². The van der Waals surface area contributed by atoms with Crippen LogP contribution in [0, 0.1) is 26.0 Å². The topological polar surface area (TPSA) is 55.2 Å². The third-order valence-electron chi connectivity index (χ3n) is 5.18. The number of pyridine rings is 2. The van der Waals surface area contributed by atoms with Crippen LogP contribution in [-0.2, 0) is 40.0 Å². The molecule has 2 heterocycles. The molecule has 4 rings (SSSR count). The molecule has 39 heavy (non-hydrogen) atoms. The van der Waals surface area contributed by atoms with Crippen molar-refractivity contribution in [3.05, 3.63) is 101 Å². The fraction of sp³-hybridized carbons (Fsp3) is 0.214. The van der Waals surface area contributed by atoms with Gasteiger partial charge in [-0.3, -0.25) is 0 Å². The largest absolute Gasteiger partial charge is 2.00 e. The summed E-state index contributed by atoms with van der Waals surface area (Å²) >= 11 is 0. The Morgan fingerprint density at radius 2 is 1.41 bits per heavy atom. The molecule has 208 valence electrons. The van der Waals surface area contributed by atoms with Gasteiger partial charge in [-0.25, -0.2) is 0 Å². The van der Waals surface area contributed by atoms with Crippen molar-refractivity contribution < 1.29 is 57.3 Å². The van der Waals surface area contributed by atoms with Gasteiger partial charge in [0.2, 0.25) is 0 Å². The summed E-state index contributed by atoms with van der Waals surface area (Å²) in [5, 5.41) is 9.03. The average molecular weight is 728 g/mol. The van der Waals surface area contributed by atoms with E-state index in [9.17, 15) is 26.3 Å². The van der Waals surface area contributed by atoms with Crippen LogP contribution in [0.25, 0.3) is 22.5 Å². The first-order valence-electron chi connectivity index (χ1n) is 11.1. The van der Waals surface area contributed by atoms with E-state index in [0.717, 1.165) is 18.2 Å². The summed E-state index contributed by atoms with van der Waals surface area (Å²) in [7, 11) is 1.49. The number of ether oxygens (including phenoxy) is 1. The van der Waals surface area contributed by atoms with Crippen molar-refractivity contribution in [1.29, 1.82) is 0 Å². The maximum atomic E-state index is 12.8. The van der Waals surface area contributed by atoms with Gasteiger partial charge < -0.3 is 19.8 Å². The molecule has 0 aliphatic carbocycles. The Labute approximate surface area is 236 Å². The van der Waals surface area contributed by atoms with E-state index in [1.54, 1.807) is 44.2 Å². The smallest absolute Gasteiger partial charge is 0.497 e. The molecule has 0 saturated heterocycles. The number of halogens is 6. The number of aryl methyl sites for hydroxylation is 2. The Balaban J connectivity index is 0.000000267. The number of nitrogens with zero attached hydrogens (tertiary/aromatic N) is 2. The number of hydrogen-bond donors (Lipinski definition) is 1. The minimum absolute atomic E-state index is 0. The van der Waals surface area contributed by atoms with E-state index < -0.39 is 23.5 Å². The second kappa shape index (κ2) is 13.2. The zero-order valence-corrected chi connectivity index (χ0v) is 23.1. The van der Waals surface area contributed by atoms with E-state index in [0.29, 0.717) is 39.4 Å². The number of aromatic nitrogens is 2. The second-order valence-electron chi connectivity index (χ2n) is 8.23. The van der Waals surface area contributed by atoms with Crippen LogP contribution in [0.15, 0.2) is 60.9 Å². The summed E-state index contributed by atoms with van der Waals surface area (Å²) in [4.78, 5) is 8.06. The Morgan fingerprint density at radius 3 is 2.00 bits per heavy atom. The number of rotatable bonds is 4. The fourth-order valence-electron chi connectivity index (χ4n) is 3.43. The van der Waals surface area contributed by atoms with Gasteiger partial charge in [0.05, 0.1) is 13.7 Å². The second-order valence-corrected chi connectivity index (χ2v) is 8.23. The zero-order valence-electron chi connectivity index (χ0n) is 20.8. The van der Waals surface area contributed by atoms with Gasteiger partial charge in [-0.1, -0.05) is 19.9 Å². The molecule has 11 heteroatoms. The maximum absolute atomic E-state index is 12.8. The number of aliphatic hydroxyl groups is 1. The van der Waals surface area contributed by atoms with Crippen molar-refractivity contribution in [3.63, 3.8) is 0 Å². The minimum Gasteiger partial charge on any atom is -0.497 e. The Bertz CT molecular complexity index is 1300. The number of methoxy groups -OCH3 is 1. The van der Waals surface area contributed by atoms with Crippen LogP contribution in [-0.4, -0.2) is 22.2 Å². The molecule has 2 aromatic heterocycles. The van der Waals surface area contributed by atoms with Gasteiger partial charge in [-0.2, -0.15) is 26.3 Å². The summed E-state index contributed by atoms with van der Waals surface area (Å²) in [6, 6.07) is 16.3. The molecule has 0 unspecified atom stereocenters. The van der Waals surface area contributed by atoms with E-state index in [4.69, 9.17) is 9.84 Å². The molecule has 4 aromatic rings. The summed E-state index contributed by atoms with van der Waals surface area (Å²) < 4.78 is 81.4. The van der Waals surface area contributed by atoms with Crippen molar-refractivity contribution >= 4 is 0 Å². The fourth-order valence-corrected chi connectivity index (χ4v) is 3.43. The van der Waals surface area contributed by atoms with Crippen LogP contribution < -0.4 is 4.74 Å². The standard InChI is InChI=1S/2C14H11F3NO.Pt/c1-9-5-10(7-11(6-9)14(15,16)17)13-8-12(19-2)3-4-18-13;1-9-4-11(7-12(5-9)14(15,16)17)13-6-10(8-19)2-3-18-13;/h3-4,6-8H,1-2H3;2-6,19H,8H2,1H3;/q2*-1;+2. The quantitative estimate of drug-likeness (QED) is 0.178. The van der Waals surface area contributed by atoms with Crippen LogP contribution in [0.5, 0.6) is 5.75 Å². The molecule has 2 aromatic carbocycles. The first-order chi connectivity index (χ1) is 17.8. The van der Waals surface area contributed by atoms with E-state index in [1.165, 1.54) is 19.5 Å². The van der Waals surface area contributed by atoms with Crippen molar-refractivity contribution in [3.8, 4) is 28.3 Å². The average Bonchev–Trinajstić information content (AvgIpc) is 2.87. The summed E-state index contributed by atoms with van der Waals surface area (Å²) in [6.45, 7) is 2.97. The number of aliphatic hydroxyl groups excluding tert-OH is 1. The van der Waals surface area contributed by atoms with Crippen molar-refractivity contribution in [2.45, 2.75) is 32.8 Å². The first kappa shape index (κ1) is 32.0. The Hall–Kier alpha value is -3.23. The molecule has 0 fully saturated rings. The van der Waals surface area contributed by atoms with Crippen LogP contribution >= 0.6 is 0 Å². The Kier molecular flexibility index (Phi) is 10.8. The summed E-state index contributed by atoms with van der Waals surface area (Å²) in [6.07, 6.45) is -5.88. The van der Waals surface area contributed by atoms with Gasteiger partial charge in [0.1, 0.15) is 5.75 Å². The van der Waals surface area contributed by atoms with E-state index in [-0.39, 0.29) is 33.2 Å². The molecule has 0 atom stereocenters. The van der Waals surface area contributed by atoms with Gasteiger partial charge in [-0.15, -0.1) is 58.7 Å². The summed E-state index contributed by atoms with van der Waals surface area (Å²) in [5.74, 6) is 0.536. The molecule has 0 amide bonds. The molecule has 0 spiro atoms. The Morgan fingerprint density at radius 1 is 0.795 bits per heavy atom. The van der Waals surface area contributed by atoms with Gasteiger partial charge in [-0.05, 0) is 46.3 Å². The first-order valence-corrected chi connectivity index (χ1v) is 11.1. The molecule has 0 saturated carbocycles. The SMILES string of the molecule is COc1ccnc(-c2[c-]c(C)cc(C(F)(F)F)c2)c1.Cc1cc(-c2cc(CO)ccn2)[c-]c(C(F)(F)F)c1.[Pt+2].